The monoisotopic (exact) mass is 429 g/mol. The van der Waals surface area contributed by atoms with Crippen LogP contribution in [0.2, 0.25) is 0 Å². The molecule has 1 atom stereocenters. The first-order chi connectivity index (χ1) is 15.6. The van der Waals surface area contributed by atoms with Crippen molar-refractivity contribution in [2.75, 3.05) is 33.1 Å². The predicted octanol–water partition coefficient (Wildman–Crippen LogP) is 4.32. The molecule has 1 amide bonds. The van der Waals surface area contributed by atoms with Crippen LogP contribution >= 0.6 is 0 Å². The molecule has 0 radical (unpaired) electrons. The molecule has 1 unspecified atom stereocenters. The summed E-state index contributed by atoms with van der Waals surface area (Å²) in [4.78, 5) is 18.1. The Bertz CT molecular complexity index is 1130. The Morgan fingerprint density at radius 2 is 1.69 bits per heavy atom. The highest BCUT2D eigenvalue weighted by Gasteiger charge is 2.36. The Hall–Kier alpha value is -3.64. The number of hydrogen-bond donors (Lipinski definition) is 2. The zero-order chi connectivity index (χ0) is 22.5. The second kappa shape index (κ2) is 9.66. The molecule has 32 heavy (non-hydrogen) atoms. The second-order valence-electron chi connectivity index (χ2n) is 7.60. The molecule has 1 aliphatic rings. The molecule has 6 heteroatoms. The number of benzene rings is 3. The number of carbonyl (C=O) groups excluding carboxylic acids is 1. The number of anilines is 1. The number of carbonyl (C=O) groups is 1. The van der Waals surface area contributed by atoms with Crippen LogP contribution in [0, 0.1) is 0 Å². The van der Waals surface area contributed by atoms with Crippen LogP contribution in [0.25, 0.3) is 0 Å². The van der Waals surface area contributed by atoms with Crippen molar-refractivity contribution in [2.24, 2.45) is 4.99 Å². The van der Waals surface area contributed by atoms with Gasteiger partial charge in [-0.05, 0) is 54.9 Å². The van der Waals surface area contributed by atoms with Gasteiger partial charge >= 0.3 is 0 Å². The minimum absolute atomic E-state index is 0.122. The maximum Gasteiger partial charge on any atom is 0.238 e. The largest absolute Gasteiger partial charge is 0.493 e. The number of nitrogens with one attached hydrogen (secondary N) is 2. The topological polar surface area (TPSA) is 72.0 Å². The second-order valence-corrected chi connectivity index (χ2v) is 7.60. The molecule has 0 saturated heterocycles. The molecule has 2 N–H and O–H groups in total. The van der Waals surface area contributed by atoms with Gasteiger partial charge in [0.25, 0.3) is 0 Å². The number of aliphatic imine (C=N–C) groups is 1. The minimum atomic E-state index is -0.559. The van der Waals surface area contributed by atoms with Crippen LogP contribution in [-0.4, -0.2) is 39.4 Å². The fourth-order valence-corrected chi connectivity index (χ4v) is 3.91. The van der Waals surface area contributed by atoms with Crippen molar-refractivity contribution in [3.05, 3.63) is 83.4 Å². The van der Waals surface area contributed by atoms with Gasteiger partial charge in [0, 0.05) is 11.8 Å². The van der Waals surface area contributed by atoms with E-state index < -0.39 is 5.92 Å². The maximum atomic E-state index is 13.1. The molecule has 0 aromatic heterocycles. The van der Waals surface area contributed by atoms with Crippen molar-refractivity contribution < 1.29 is 14.3 Å². The molecule has 0 spiro atoms. The van der Waals surface area contributed by atoms with Gasteiger partial charge in [-0.15, -0.1) is 0 Å². The highest BCUT2D eigenvalue weighted by atomic mass is 16.5. The molecule has 4 rings (SSSR count). The SMILES string of the molecule is CNCCc1ccc(N=C(c2ccccc2)C2C(=O)Nc3cc(OC)c(OC)cc32)cc1. The quantitative estimate of drug-likeness (QED) is 0.523. The first kappa shape index (κ1) is 21.6. The average molecular weight is 430 g/mol. The molecule has 164 valence electrons. The van der Waals surface area contributed by atoms with Crippen LogP contribution < -0.4 is 20.1 Å². The zero-order valence-corrected chi connectivity index (χ0v) is 18.5. The van der Waals surface area contributed by atoms with Crippen LogP contribution in [0.3, 0.4) is 0 Å². The summed E-state index contributed by atoms with van der Waals surface area (Å²) < 4.78 is 10.9. The number of fused-ring (bicyclic) bond motifs is 1. The Labute approximate surface area is 188 Å². The van der Waals surface area contributed by atoms with Gasteiger partial charge in [0.05, 0.1) is 25.6 Å². The summed E-state index contributed by atoms with van der Waals surface area (Å²) in [5, 5.41) is 6.14. The Morgan fingerprint density at radius 1 is 1.00 bits per heavy atom. The van der Waals surface area contributed by atoms with Crippen molar-refractivity contribution in [3.63, 3.8) is 0 Å². The lowest BCUT2D eigenvalue weighted by Gasteiger charge is -2.15. The first-order valence-corrected chi connectivity index (χ1v) is 10.6. The predicted molar refractivity (Wildman–Crippen MR) is 128 cm³/mol. The van der Waals surface area contributed by atoms with Crippen LogP contribution in [0.4, 0.5) is 11.4 Å². The maximum absolute atomic E-state index is 13.1. The van der Waals surface area contributed by atoms with E-state index in [1.54, 1.807) is 20.3 Å². The standard InChI is InChI=1S/C26H27N3O3/c1-27-14-13-17-9-11-19(12-10-17)28-25(18-7-5-4-6-8-18)24-20-15-22(31-2)23(32-3)16-21(20)29-26(24)30/h4-12,15-16,24,27H,13-14H2,1-3H3,(H,29,30). The summed E-state index contributed by atoms with van der Waals surface area (Å²) in [7, 11) is 5.11. The Kier molecular flexibility index (Phi) is 6.52. The van der Waals surface area contributed by atoms with Gasteiger partial charge in [-0.1, -0.05) is 42.5 Å². The molecule has 0 bridgehead atoms. The summed E-state index contributed by atoms with van der Waals surface area (Å²) in [5.74, 6) is 0.469. The van der Waals surface area contributed by atoms with E-state index in [1.807, 2.05) is 55.6 Å². The number of amides is 1. The molecular formula is C26H27N3O3. The van der Waals surface area contributed by atoms with Gasteiger partial charge in [0.2, 0.25) is 5.91 Å². The number of ether oxygens (including phenoxy) is 2. The average Bonchev–Trinajstić information content (AvgIpc) is 3.15. The number of rotatable bonds is 8. The Morgan fingerprint density at radius 3 is 2.34 bits per heavy atom. The number of nitrogens with zero attached hydrogens (tertiary/aromatic N) is 1. The van der Waals surface area contributed by atoms with Crippen molar-refractivity contribution in [3.8, 4) is 11.5 Å². The molecular weight excluding hydrogens is 402 g/mol. The van der Waals surface area contributed by atoms with Gasteiger partial charge in [-0.3, -0.25) is 9.79 Å². The van der Waals surface area contributed by atoms with Gasteiger partial charge in [-0.25, -0.2) is 0 Å². The lowest BCUT2D eigenvalue weighted by atomic mass is 9.90. The summed E-state index contributed by atoms with van der Waals surface area (Å²) in [6, 6.07) is 21.6. The minimum Gasteiger partial charge on any atom is -0.493 e. The molecule has 6 nitrogen and oxygen atoms in total. The van der Waals surface area contributed by atoms with Crippen molar-refractivity contribution in [1.82, 2.24) is 5.32 Å². The van der Waals surface area contributed by atoms with Crippen molar-refractivity contribution in [2.45, 2.75) is 12.3 Å². The van der Waals surface area contributed by atoms with E-state index in [9.17, 15) is 4.79 Å². The van der Waals surface area contributed by atoms with Gasteiger partial charge in [0.15, 0.2) is 11.5 Å². The Balaban J connectivity index is 1.79. The van der Waals surface area contributed by atoms with E-state index in [-0.39, 0.29) is 5.91 Å². The first-order valence-electron chi connectivity index (χ1n) is 10.6. The number of likely N-dealkylation sites (N-methyl/N-ethyl adjacent to an activating group) is 1. The summed E-state index contributed by atoms with van der Waals surface area (Å²) >= 11 is 0. The number of hydrogen-bond acceptors (Lipinski definition) is 5. The van der Waals surface area contributed by atoms with Gasteiger partial charge in [-0.2, -0.15) is 0 Å². The van der Waals surface area contributed by atoms with E-state index in [4.69, 9.17) is 14.5 Å². The molecule has 0 fully saturated rings. The summed E-state index contributed by atoms with van der Waals surface area (Å²) in [6.45, 7) is 0.919. The molecule has 1 heterocycles. The lowest BCUT2D eigenvalue weighted by Crippen LogP contribution is -2.22. The summed E-state index contributed by atoms with van der Waals surface area (Å²) in [5.41, 5.74) is 5.16. The van der Waals surface area contributed by atoms with E-state index in [1.165, 1.54) is 5.56 Å². The van der Waals surface area contributed by atoms with Crippen LogP contribution in [0.5, 0.6) is 11.5 Å². The lowest BCUT2D eigenvalue weighted by molar-refractivity contribution is -0.115. The molecule has 1 aliphatic heterocycles. The highest BCUT2D eigenvalue weighted by molar-refractivity contribution is 6.24. The van der Waals surface area contributed by atoms with Crippen LogP contribution in [-0.2, 0) is 11.2 Å². The van der Waals surface area contributed by atoms with Crippen LogP contribution in [0.15, 0.2) is 71.7 Å². The third-order valence-electron chi connectivity index (χ3n) is 5.58. The molecule has 0 aliphatic carbocycles. The van der Waals surface area contributed by atoms with E-state index in [0.29, 0.717) is 22.9 Å². The van der Waals surface area contributed by atoms with Crippen LogP contribution in [0.1, 0.15) is 22.6 Å². The van der Waals surface area contributed by atoms with Crippen molar-refractivity contribution >= 4 is 23.0 Å². The van der Waals surface area contributed by atoms with E-state index >= 15 is 0 Å². The van der Waals surface area contributed by atoms with E-state index in [0.717, 1.165) is 29.8 Å². The van der Waals surface area contributed by atoms with Crippen molar-refractivity contribution in [1.29, 1.82) is 0 Å². The fourth-order valence-electron chi connectivity index (χ4n) is 3.91. The highest BCUT2D eigenvalue weighted by Crippen LogP contribution is 2.42. The fraction of sp³-hybridized carbons (Fsp3) is 0.231. The normalized spacial score (nSPS) is 15.3. The molecule has 0 saturated carbocycles. The summed E-state index contributed by atoms with van der Waals surface area (Å²) in [6.07, 6.45) is 0.950. The number of methoxy groups -OCH3 is 2. The third-order valence-corrected chi connectivity index (χ3v) is 5.58. The van der Waals surface area contributed by atoms with Gasteiger partial charge in [0.1, 0.15) is 5.92 Å². The smallest absolute Gasteiger partial charge is 0.238 e. The molecule has 3 aromatic carbocycles. The third kappa shape index (κ3) is 4.36. The molecule has 3 aromatic rings. The van der Waals surface area contributed by atoms with E-state index in [2.05, 4.69) is 22.8 Å². The van der Waals surface area contributed by atoms with Gasteiger partial charge < -0.3 is 20.1 Å². The zero-order valence-electron chi connectivity index (χ0n) is 18.5.